The number of aliphatic hydroxyl groups is 1. The molecule has 5 nitrogen and oxygen atoms in total. The smallest absolute Gasteiger partial charge is 0.307 e. The summed E-state index contributed by atoms with van der Waals surface area (Å²) in [6.07, 6.45) is 2.74. The van der Waals surface area contributed by atoms with Gasteiger partial charge in [-0.05, 0) is 18.8 Å². The van der Waals surface area contributed by atoms with Crippen molar-refractivity contribution in [2.75, 3.05) is 19.7 Å². The predicted octanol–water partition coefficient (Wildman–Crippen LogP) is 0.740. The molecule has 1 amide bonds. The van der Waals surface area contributed by atoms with Crippen LogP contribution < -0.4 is 0 Å². The fraction of sp³-hybridized carbons (Fsp3) is 0.692. The molecule has 0 aromatic heterocycles. The zero-order chi connectivity index (χ0) is 13.7. The molecule has 0 spiro atoms. The number of amides is 1. The summed E-state index contributed by atoms with van der Waals surface area (Å²) < 4.78 is 0. The number of aliphatic hydroxyl groups excluding tert-OH is 1. The minimum absolute atomic E-state index is 0.125. The molecule has 3 atom stereocenters. The van der Waals surface area contributed by atoms with Gasteiger partial charge in [-0.25, -0.2) is 0 Å². The first-order chi connectivity index (χ1) is 8.51. The summed E-state index contributed by atoms with van der Waals surface area (Å²) in [5, 5.41) is 18.1. The van der Waals surface area contributed by atoms with Gasteiger partial charge in [-0.15, -0.1) is 6.58 Å². The van der Waals surface area contributed by atoms with Crippen LogP contribution in [0.25, 0.3) is 0 Å². The molecule has 0 bridgehead atoms. The molecule has 0 saturated heterocycles. The highest BCUT2D eigenvalue weighted by molar-refractivity contribution is 5.85. The van der Waals surface area contributed by atoms with Crippen LogP contribution in [0.4, 0.5) is 0 Å². The van der Waals surface area contributed by atoms with E-state index in [2.05, 4.69) is 6.58 Å². The molecule has 1 saturated carbocycles. The molecular formula is C13H21NO4. The second-order valence-electron chi connectivity index (χ2n) is 4.92. The summed E-state index contributed by atoms with van der Waals surface area (Å²) in [6, 6.07) is 0. The van der Waals surface area contributed by atoms with Crippen LogP contribution in [0, 0.1) is 17.8 Å². The third kappa shape index (κ3) is 3.32. The summed E-state index contributed by atoms with van der Waals surface area (Å²) in [5.41, 5.74) is 0. The minimum atomic E-state index is -0.903. The number of carbonyl (C=O) groups is 2. The SMILES string of the molecule is C=CCN(CCO)C(=O)[C@H]1CC(C)C[C@H]1C(=O)O. The zero-order valence-electron chi connectivity index (χ0n) is 10.7. The average molecular weight is 255 g/mol. The van der Waals surface area contributed by atoms with E-state index >= 15 is 0 Å². The Kier molecular flexibility index (Phi) is 5.34. The molecule has 1 fully saturated rings. The molecular weight excluding hydrogens is 234 g/mol. The Morgan fingerprint density at radius 2 is 2.00 bits per heavy atom. The maximum atomic E-state index is 12.3. The maximum Gasteiger partial charge on any atom is 0.307 e. The number of carboxylic acids is 1. The average Bonchev–Trinajstić information content (AvgIpc) is 2.70. The molecule has 0 aromatic carbocycles. The number of rotatable bonds is 6. The lowest BCUT2D eigenvalue weighted by atomic mass is 9.94. The third-order valence-corrected chi connectivity index (χ3v) is 3.46. The Labute approximate surface area is 107 Å². The summed E-state index contributed by atoms with van der Waals surface area (Å²) in [6.45, 7) is 5.98. The molecule has 0 radical (unpaired) electrons. The van der Waals surface area contributed by atoms with Gasteiger partial charge >= 0.3 is 5.97 Å². The molecule has 102 valence electrons. The largest absolute Gasteiger partial charge is 0.481 e. The molecule has 18 heavy (non-hydrogen) atoms. The fourth-order valence-electron chi connectivity index (χ4n) is 2.64. The quantitative estimate of drug-likeness (QED) is 0.686. The van der Waals surface area contributed by atoms with E-state index in [0.29, 0.717) is 19.4 Å². The van der Waals surface area contributed by atoms with E-state index in [0.717, 1.165) is 0 Å². The van der Waals surface area contributed by atoms with Crippen molar-refractivity contribution in [3.8, 4) is 0 Å². The van der Waals surface area contributed by atoms with Crippen molar-refractivity contribution in [3.63, 3.8) is 0 Å². The van der Waals surface area contributed by atoms with Crippen LogP contribution in [0.1, 0.15) is 19.8 Å². The van der Waals surface area contributed by atoms with Gasteiger partial charge in [0.1, 0.15) is 0 Å². The summed E-state index contributed by atoms with van der Waals surface area (Å²) in [5.74, 6) is -1.90. The molecule has 1 aliphatic rings. The standard InChI is InChI=1S/C13H21NO4/c1-3-4-14(5-6-15)12(16)10-7-9(2)8-11(10)13(17)18/h3,9-11,15H,1,4-8H2,2H3,(H,17,18)/t9?,10-,11+/m0/s1. The fourth-order valence-corrected chi connectivity index (χ4v) is 2.64. The Bertz CT molecular complexity index is 329. The van der Waals surface area contributed by atoms with Crippen molar-refractivity contribution in [1.82, 2.24) is 4.90 Å². The van der Waals surface area contributed by atoms with Gasteiger partial charge in [-0.2, -0.15) is 0 Å². The van der Waals surface area contributed by atoms with Crippen molar-refractivity contribution in [3.05, 3.63) is 12.7 Å². The molecule has 0 heterocycles. The van der Waals surface area contributed by atoms with Crippen LogP contribution in [-0.4, -0.2) is 46.7 Å². The maximum absolute atomic E-state index is 12.3. The highest BCUT2D eigenvalue weighted by Crippen LogP contribution is 2.37. The van der Waals surface area contributed by atoms with Crippen LogP contribution in [0.2, 0.25) is 0 Å². The highest BCUT2D eigenvalue weighted by Gasteiger charge is 2.42. The first-order valence-electron chi connectivity index (χ1n) is 6.24. The molecule has 0 aromatic rings. The molecule has 1 rings (SSSR count). The Balaban J connectivity index is 2.79. The monoisotopic (exact) mass is 255 g/mol. The number of carbonyl (C=O) groups excluding carboxylic acids is 1. The molecule has 1 unspecified atom stereocenters. The Morgan fingerprint density at radius 3 is 2.50 bits per heavy atom. The Morgan fingerprint density at radius 1 is 1.39 bits per heavy atom. The summed E-state index contributed by atoms with van der Waals surface area (Å²) in [4.78, 5) is 24.9. The van der Waals surface area contributed by atoms with Gasteiger partial charge < -0.3 is 15.1 Å². The van der Waals surface area contributed by atoms with Gasteiger partial charge in [0, 0.05) is 13.1 Å². The van der Waals surface area contributed by atoms with Crippen molar-refractivity contribution < 1.29 is 19.8 Å². The van der Waals surface area contributed by atoms with Crippen LogP contribution >= 0.6 is 0 Å². The second-order valence-corrected chi connectivity index (χ2v) is 4.92. The van der Waals surface area contributed by atoms with Gasteiger partial charge in [0.25, 0.3) is 0 Å². The van der Waals surface area contributed by atoms with E-state index in [9.17, 15) is 9.59 Å². The van der Waals surface area contributed by atoms with Crippen molar-refractivity contribution >= 4 is 11.9 Å². The molecule has 1 aliphatic carbocycles. The van der Waals surface area contributed by atoms with E-state index in [1.165, 1.54) is 4.90 Å². The topological polar surface area (TPSA) is 77.8 Å². The zero-order valence-corrected chi connectivity index (χ0v) is 10.7. The lowest BCUT2D eigenvalue weighted by molar-refractivity contribution is -0.149. The molecule has 0 aliphatic heterocycles. The van der Waals surface area contributed by atoms with E-state index in [1.54, 1.807) is 6.08 Å². The van der Waals surface area contributed by atoms with E-state index in [1.807, 2.05) is 6.92 Å². The lowest BCUT2D eigenvalue weighted by Gasteiger charge is -2.25. The van der Waals surface area contributed by atoms with E-state index in [4.69, 9.17) is 10.2 Å². The number of aliphatic carboxylic acids is 1. The van der Waals surface area contributed by atoms with Crippen LogP contribution in [0.5, 0.6) is 0 Å². The number of carboxylic acid groups (broad SMARTS) is 1. The first-order valence-corrected chi connectivity index (χ1v) is 6.24. The Hall–Kier alpha value is -1.36. The number of hydrogen-bond acceptors (Lipinski definition) is 3. The van der Waals surface area contributed by atoms with Crippen LogP contribution in [-0.2, 0) is 9.59 Å². The van der Waals surface area contributed by atoms with Gasteiger partial charge in [0.2, 0.25) is 5.91 Å². The predicted molar refractivity (Wildman–Crippen MR) is 66.9 cm³/mol. The summed E-state index contributed by atoms with van der Waals surface area (Å²) in [7, 11) is 0. The van der Waals surface area contributed by atoms with Crippen molar-refractivity contribution in [2.45, 2.75) is 19.8 Å². The highest BCUT2D eigenvalue weighted by atomic mass is 16.4. The van der Waals surface area contributed by atoms with Gasteiger partial charge in [-0.3, -0.25) is 9.59 Å². The molecule has 2 N–H and O–H groups in total. The third-order valence-electron chi connectivity index (χ3n) is 3.46. The number of nitrogens with zero attached hydrogens (tertiary/aromatic N) is 1. The van der Waals surface area contributed by atoms with E-state index in [-0.39, 0.29) is 25.0 Å². The van der Waals surface area contributed by atoms with Crippen molar-refractivity contribution in [2.24, 2.45) is 17.8 Å². The van der Waals surface area contributed by atoms with Crippen LogP contribution in [0.15, 0.2) is 12.7 Å². The minimum Gasteiger partial charge on any atom is -0.481 e. The van der Waals surface area contributed by atoms with E-state index < -0.39 is 17.8 Å². The van der Waals surface area contributed by atoms with Gasteiger partial charge in [0.15, 0.2) is 0 Å². The molecule has 5 heteroatoms. The van der Waals surface area contributed by atoms with Gasteiger partial charge in [-0.1, -0.05) is 13.0 Å². The van der Waals surface area contributed by atoms with Gasteiger partial charge in [0.05, 0.1) is 18.4 Å². The lowest BCUT2D eigenvalue weighted by Crippen LogP contribution is -2.40. The summed E-state index contributed by atoms with van der Waals surface area (Å²) >= 11 is 0. The normalized spacial score (nSPS) is 26.9. The number of hydrogen-bond donors (Lipinski definition) is 2. The van der Waals surface area contributed by atoms with Crippen LogP contribution in [0.3, 0.4) is 0 Å². The second kappa shape index (κ2) is 6.54. The van der Waals surface area contributed by atoms with Crippen molar-refractivity contribution in [1.29, 1.82) is 0 Å². The first kappa shape index (κ1) is 14.7.